The molecule has 55 heavy (non-hydrogen) atoms. The Morgan fingerprint density at radius 3 is 2.05 bits per heavy atom. The van der Waals surface area contributed by atoms with E-state index in [-0.39, 0.29) is 12.1 Å². The Balaban J connectivity index is 1.11. The molecule has 3 nitrogen and oxygen atoms in total. The van der Waals surface area contributed by atoms with Crippen LogP contribution >= 0.6 is 0 Å². The summed E-state index contributed by atoms with van der Waals surface area (Å²) in [5.74, 6) is 0.408. The number of para-hydroxylation sites is 1. The molecule has 4 heteroatoms. The summed E-state index contributed by atoms with van der Waals surface area (Å²) in [5, 5.41) is 2.29. The number of benzene rings is 7. The molecule has 1 aromatic heterocycles. The van der Waals surface area contributed by atoms with Gasteiger partial charge in [-0.1, -0.05) is 106 Å². The van der Waals surface area contributed by atoms with Crippen LogP contribution in [0.15, 0.2) is 144 Å². The highest BCUT2D eigenvalue weighted by Gasteiger charge is 2.46. The zero-order valence-corrected chi connectivity index (χ0v) is 31.6. The van der Waals surface area contributed by atoms with Crippen molar-refractivity contribution in [1.82, 2.24) is 0 Å². The van der Waals surface area contributed by atoms with Crippen molar-refractivity contribution < 1.29 is 4.42 Å². The van der Waals surface area contributed by atoms with Gasteiger partial charge in [0.05, 0.1) is 0 Å². The summed E-state index contributed by atoms with van der Waals surface area (Å²) in [7, 11) is 0. The van der Waals surface area contributed by atoms with E-state index in [2.05, 4.69) is 164 Å². The molecule has 4 aliphatic rings. The minimum Gasteiger partial charge on any atom is -0.456 e. The first-order valence-corrected chi connectivity index (χ1v) is 20.1. The Hall–Kier alpha value is -6.00. The van der Waals surface area contributed by atoms with Gasteiger partial charge in [0.15, 0.2) is 0 Å². The number of furan rings is 1. The largest absolute Gasteiger partial charge is 0.456 e. The fraction of sp³-hybridized carbons (Fsp3) is 0.176. The van der Waals surface area contributed by atoms with Crippen molar-refractivity contribution in [2.45, 2.75) is 57.8 Å². The molecule has 1 saturated carbocycles. The lowest BCUT2D eigenvalue weighted by Crippen LogP contribution is -2.61. The van der Waals surface area contributed by atoms with E-state index in [4.69, 9.17) is 4.42 Å². The first kappa shape index (κ1) is 31.4. The summed E-state index contributed by atoms with van der Waals surface area (Å²) in [6, 6.07) is 53.1. The van der Waals surface area contributed by atoms with Crippen molar-refractivity contribution >= 4 is 79.2 Å². The summed E-state index contributed by atoms with van der Waals surface area (Å²) in [6.07, 6.45) is 5.08. The van der Waals surface area contributed by atoms with Crippen LogP contribution in [0.4, 0.5) is 34.1 Å². The quantitative estimate of drug-likeness (QED) is 0.170. The average Bonchev–Trinajstić information content (AvgIpc) is 3.93. The molecular formula is C51H41BN2O. The molecule has 0 amide bonds. The maximum absolute atomic E-state index is 6.32. The summed E-state index contributed by atoms with van der Waals surface area (Å²) < 4.78 is 6.32. The van der Waals surface area contributed by atoms with Gasteiger partial charge in [-0.3, -0.25) is 0 Å². The van der Waals surface area contributed by atoms with Gasteiger partial charge in [0.2, 0.25) is 0 Å². The van der Waals surface area contributed by atoms with Gasteiger partial charge in [-0.05, 0) is 136 Å². The number of aryl methyl sites for hydroxylation is 1. The van der Waals surface area contributed by atoms with Crippen LogP contribution in [0.3, 0.4) is 0 Å². The molecular weight excluding hydrogens is 667 g/mol. The second kappa shape index (κ2) is 11.3. The van der Waals surface area contributed by atoms with Crippen LogP contribution in [0, 0.1) is 6.92 Å². The molecule has 0 N–H and O–H groups in total. The van der Waals surface area contributed by atoms with E-state index in [0.717, 1.165) is 27.6 Å². The number of hydrogen-bond acceptors (Lipinski definition) is 3. The number of rotatable bonds is 3. The Morgan fingerprint density at radius 1 is 0.564 bits per heavy atom. The van der Waals surface area contributed by atoms with Crippen LogP contribution in [-0.4, -0.2) is 6.71 Å². The molecule has 264 valence electrons. The molecule has 2 aliphatic heterocycles. The van der Waals surface area contributed by atoms with Crippen LogP contribution in [0.5, 0.6) is 0 Å². The van der Waals surface area contributed by atoms with Gasteiger partial charge in [-0.2, -0.15) is 0 Å². The monoisotopic (exact) mass is 708 g/mol. The van der Waals surface area contributed by atoms with Gasteiger partial charge >= 0.3 is 0 Å². The fourth-order valence-corrected chi connectivity index (χ4v) is 10.9. The first-order valence-electron chi connectivity index (χ1n) is 20.1. The van der Waals surface area contributed by atoms with Crippen molar-refractivity contribution in [2.75, 3.05) is 9.80 Å². The fourth-order valence-electron chi connectivity index (χ4n) is 10.9. The Bertz CT molecular complexity index is 2910. The van der Waals surface area contributed by atoms with E-state index in [9.17, 15) is 0 Å². The lowest BCUT2D eigenvalue weighted by atomic mass is 9.33. The zero-order valence-electron chi connectivity index (χ0n) is 31.6. The van der Waals surface area contributed by atoms with Crippen molar-refractivity contribution in [1.29, 1.82) is 0 Å². The summed E-state index contributed by atoms with van der Waals surface area (Å²) in [6.45, 7) is 6.92. The molecule has 3 heterocycles. The van der Waals surface area contributed by atoms with E-state index < -0.39 is 0 Å². The highest BCUT2D eigenvalue weighted by Crippen LogP contribution is 2.58. The zero-order chi connectivity index (χ0) is 36.6. The Morgan fingerprint density at radius 2 is 1.24 bits per heavy atom. The topological polar surface area (TPSA) is 19.6 Å². The summed E-state index contributed by atoms with van der Waals surface area (Å²) in [4.78, 5) is 5.09. The molecule has 0 unspecified atom stereocenters. The van der Waals surface area contributed by atoms with E-state index in [0.29, 0.717) is 5.92 Å². The lowest BCUT2D eigenvalue weighted by Gasteiger charge is -2.44. The maximum Gasteiger partial charge on any atom is 0.252 e. The van der Waals surface area contributed by atoms with E-state index >= 15 is 0 Å². The van der Waals surface area contributed by atoms with Crippen LogP contribution in [0.25, 0.3) is 33.1 Å². The third-order valence-electron chi connectivity index (χ3n) is 13.4. The predicted molar refractivity (Wildman–Crippen MR) is 231 cm³/mol. The van der Waals surface area contributed by atoms with Crippen LogP contribution in [0.2, 0.25) is 0 Å². The third-order valence-corrected chi connectivity index (χ3v) is 13.4. The summed E-state index contributed by atoms with van der Waals surface area (Å²) in [5.41, 5.74) is 21.9. The van der Waals surface area contributed by atoms with Crippen molar-refractivity contribution in [3.05, 3.63) is 162 Å². The molecule has 8 aromatic rings. The van der Waals surface area contributed by atoms with Gasteiger partial charge in [0, 0.05) is 50.3 Å². The van der Waals surface area contributed by atoms with Crippen molar-refractivity contribution in [2.24, 2.45) is 0 Å². The van der Waals surface area contributed by atoms with Gasteiger partial charge in [0.25, 0.3) is 6.71 Å². The Kier molecular flexibility index (Phi) is 6.43. The number of hydrogen-bond donors (Lipinski definition) is 0. The second-order valence-electron chi connectivity index (χ2n) is 16.7. The van der Waals surface area contributed by atoms with Crippen LogP contribution in [-0.2, 0) is 5.41 Å². The predicted octanol–water partition coefficient (Wildman–Crippen LogP) is 11.9. The molecule has 12 rings (SSSR count). The molecule has 0 atom stereocenters. The smallest absolute Gasteiger partial charge is 0.252 e. The summed E-state index contributed by atoms with van der Waals surface area (Å²) >= 11 is 0. The highest BCUT2D eigenvalue weighted by atomic mass is 16.3. The van der Waals surface area contributed by atoms with E-state index in [1.54, 1.807) is 0 Å². The molecule has 0 saturated heterocycles. The SMILES string of the molecule is Cc1ccc2c(c1)N(c1ccc3c(c1)-c1ccccc1C31CCCC1)c1cccc3c1B2c1ccc(C(C)C)cc1N3c1ccc2oc3ccccc3c2c1. The van der Waals surface area contributed by atoms with Crippen molar-refractivity contribution in [3.63, 3.8) is 0 Å². The number of fused-ring (bicyclic) bond motifs is 12. The molecule has 1 spiro atoms. The lowest BCUT2D eigenvalue weighted by molar-refractivity contribution is 0.550. The maximum atomic E-state index is 6.32. The minimum absolute atomic E-state index is 0.0981. The Labute approximate surface area is 322 Å². The molecule has 7 aromatic carbocycles. The second-order valence-corrected chi connectivity index (χ2v) is 16.7. The van der Waals surface area contributed by atoms with E-state index in [1.807, 2.05) is 6.07 Å². The third kappa shape index (κ3) is 4.23. The molecule has 2 aliphatic carbocycles. The van der Waals surface area contributed by atoms with Gasteiger partial charge < -0.3 is 14.2 Å². The van der Waals surface area contributed by atoms with E-state index in [1.165, 1.54) is 104 Å². The van der Waals surface area contributed by atoms with Gasteiger partial charge in [0.1, 0.15) is 11.2 Å². The first-order chi connectivity index (χ1) is 27.0. The molecule has 1 fully saturated rings. The van der Waals surface area contributed by atoms with Crippen LogP contribution in [0.1, 0.15) is 67.7 Å². The molecule has 0 radical (unpaired) electrons. The van der Waals surface area contributed by atoms with Crippen molar-refractivity contribution in [3.8, 4) is 11.1 Å². The van der Waals surface area contributed by atoms with Gasteiger partial charge in [-0.15, -0.1) is 0 Å². The average molecular weight is 709 g/mol. The molecule has 0 bridgehead atoms. The minimum atomic E-state index is 0.0981. The normalized spacial score (nSPS) is 15.8. The number of nitrogens with zero attached hydrogens (tertiary/aromatic N) is 2. The van der Waals surface area contributed by atoms with Gasteiger partial charge in [-0.25, -0.2) is 0 Å². The standard InChI is InChI=1S/C51H41BN2O/c1-31(2)33-18-23-43-47(28-33)54(35-20-24-49-39(30-35)37-12-5-7-16-48(37)55-49)45-15-10-14-44-50(45)52(43)42-22-17-32(3)27-46(42)53(44)34-19-21-41-38(29-34)36-11-4-6-13-40(36)51(41)25-8-9-26-51/h4-7,10-24,27-31H,8-9,25-26H2,1-3H3. The number of anilines is 6. The van der Waals surface area contributed by atoms with Crippen LogP contribution < -0.4 is 26.2 Å². The highest BCUT2D eigenvalue weighted by molar-refractivity contribution is 7.00.